The van der Waals surface area contributed by atoms with Crippen LogP contribution in [-0.2, 0) is 9.53 Å². The molecular formula is C12H20O2. The molecule has 2 aliphatic rings. The number of carbonyl (C=O) groups excluding carboxylic acids is 1. The molecular weight excluding hydrogens is 176 g/mol. The number of hydrogen-bond donors (Lipinski definition) is 0. The van der Waals surface area contributed by atoms with Crippen molar-refractivity contribution >= 4 is 5.97 Å². The normalized spacial score (nSPS) is 40.5. The first-order valence-corrected chi connectivity index (χ1v) is 5.78. The molecule has 0 aromatic heterocycles. The van der Waals surface area contributed by atoms with Crippen molar-refractivity contribution in [2.75, 3.05) is 0 Å². The minimum absolute atomic E-state index is 0.0365. The summed E-state index contributed by atoms with van der Waals surface area (Å²) in [6.07, 6.45) is 5.49. The monoisotopic (exact) mass is 196 g/mol. The Morgan fingerprint density at radius 1 is 1.43 bits per heavy atom. The average Bonchev–Trinajstić information content (AvgIpc) is 2.70. The summed E-state index contributed by atoms with van der Waals surface area (Å²) in [5.74, 6) is 0.421. The van der Waals surface area contributed by atoms with Crippen LogP contribution < -0.4 is 0 Å². The summed E-state index contributed by atoms with van der Waals surface area (Å²) in [7, 11) is 0. The maximum absolute atomic E-state index is 11.9. The predicted molar refractivity (Wildman–Crippen MR) is 54.9 cm³/mol. The van der Waals surface area contributed by atoms with Gasteiger partial charge in [-0.15, -0.1) is 0 Å². The molecule has 2 nitrogen and oxygen atoms in total. The molecule has 1 aliphatic carbocycles. The van der Waals surface area contributed by atoms with E-state index in [2.05, 4.69) is 20.8 Å². The first-order valence-electron chi connectivity index (χ1n) is 5.78. The fourth-order valence-electron chi connectivity index (χ4n) is 3.11. The summed E-state index contributed by atoms with van der Waals surface area (Å²) in [5, 5.41) is 0. The lowest BCUT2D eigenvalue weighted by Gasteiger charge is -2.31. The molecule has 2 unspecified atom stereocenters. The van der Waals surface area contributed by atoms with Gasteiger partial charge in [-0.3, -0.25) is 4.79 Å². The van der Waals surface area contributed by atoms with E-state index >= 15 is 0 Å². The van der Waals surface area contributed by atoms with E-state index in [1.54, 1.807) is 0 Å². The Morgan fingerprint density at radius 2 is 2.00 bits per heavy atom. The van der Waals surface area contributed by atoms with Crippen molar-refractivity contribution in [3.8, 4) is 0 Å². The molecule has 1 heterocycles. The SMILES string of the molecule is CCC1(C)C(=O)OC2(CCCC2)C1C. The second-order valence-electron chi connectivity index (χ2n) is 5.15. The Morgan fingerprint density at radius 3 is 2.43 bits per heavy atom. The summed E-state index contributed by atoms with van der Waals surface area (Å²) in [4.78, 5) is 11.9. The average molecular weight is 196 g/mol. The van der Waals surface area contributed by atoms with Gasteiger partial charge in [0.15, 0.2) is 0 Å². The topological polar surface area (TPSA) is 26.3 Å². The molecule has 1 spiro atoms. The lowest BCUT2D eigenvalue weighted by atomic mass is 9.70. The van der Waals surface area contributed by atoms with E-state index in [0.717, 1.165) is 19.3 Å². The van der Waals surface area contributed by atoms with Crippen molar-refractivity contribution in [2.24, 2.45) is 11.3 Å². The number of rotatable bonds is 1. The first-order chi connectivity index (χ1) is 6.55. The molecule has 2 atom stereocenters. The molecule has 0 aromatic rings. The van der Waals surface area contributed by atoms with E-state index in [0.29, 0.717) is 5.92 Å². The van der Waals surface area contributed by atoms with Gasteiger partial charge in [0.1, 0.15) is 5.60 Å². The predicted octanol–water partition coefficient (Wildman–Crippen LogP) is 2.91. The van der Waals surface area contributed by atoms with Crippen LogP contribution >= 0.6 is 0 Å². The molecule has 80 valence electrons. The van der Waals surface area contributed by atoms with Crippen LogP contribution in [0.3, 0.4) is 0 Å². The quantitative estimate of drug-likeness (QED) is 0.603. The van der Waals surface area contributed by atoms with Crippen LogP contribution in [0.25, 0.3) is 0 Å². The fraction of sp³-hybridized carbons (Fsp3) is 0.917. The van der Waals surface area contributed by atoms with Gasteiger partial charge in [-0.1, -0.05) is 13.8 Å². The highest BCUT2D eigenvalue weighted by atomic mass is 16.6. The molecule has 2 rings (SSSR count). The Balaban J connectivity index is 2.31. The van der Waals surface area contributed by atoms with Crippen LogP contribution in [-0.4, -0.2) is 11.6 Å². The highest BCUT2D eigenvalue weighted by Gasteiger charge is 2.59. The van der Waals surface area contributed by atoms with Crippen LogP contribution in [0.15, 0.2) is 0 Å². The third kappa shape index (κ3) is 1.06. The largest absolute Gasteiger partial charge is 0.458 e. The van der Waals surface area contributed by atoms with E-state index in [1.807, 2.05) is 0 Å². The molecule has 1 saturated heterocycles. The summed E-state index contributed by atoms with van der Waals surface area (Å²) < 4.78 is 5.69. The molecule has 14 heavy (non-hydrogen) atoms. The van der Waals surface area contributed by atoms with Crippen molar-refractivity contribution in [3.63, 3.8) is 0 Å². The van der Waals surface area contributed by atoms with E-state index < -0.39 is 0 Å². The van der Waals surface area contributed by atoms with Gasteiger partial charge in [-0.2, -0.15) is 0 Å². The van der Waals surface area contributed by atoms with Crippen molar-refractivity contribution in [1.82, 2.24) is 0 Å². The van der Waals surface area contributed by atoms with Gasteiger partial charge in [0.05, 0.1) is 5.41 Å². The van der Waals surface area contributed by atoms with Gasteiger partial charge in [-0.25, -0.2) is 0 Å². The number of hydrogen-bond acceptors (Lipinski definition) is 2. The van der Waals surface area contributed by atoms with Crippen molar-refractivity contribution in [2.45, 2.75) is 58.5 Å². The summed E-state index contributed by atoms with van der Waals surface area (Å²) in [5.41, 5.74) is -0.327. The van der Waals surface area contributed by atoms with Crippen molar-refractivity contribution < 1.29 is 9.53 Å². The minimum Gasteiger partial charge on any atom is -0.458 e. The standard InChI is InChI=1S/C12H20O2/c1-4-11(3)9(2)12(14-10(11)13)7-5-6-8-12/h9H,4-8H2,1-3H3. The number of ether oxygens (including phenoxy) is 1. The highest BCUT2D eigenvalue weighted by molar-refractivity contribution is 5.80. The zero-order valence-corrected chi connectivity index (χ0v) is 9.43. The van der Waals surface area contributed by atoms with Gasteiger partial charge < -0.3 is 4.74 Å². The van der Waals surface area contributed by atoms with Gasteiger partial charge >= 0.3 is 5.97 Å². The lowest BCUT2D eigenvalue weighted by Crippen LogP contribution is -2.35. The van der Waals surface area contributed by atoms with Crippen LogP contribution in [0.2, 0.25) is 0 Å². The summed E-state index contributed by atoms with van der Waals surface area (Å²) >= 11 is 0. The molecule has 0 amide bonds. The number of carbonyl (C=O) groups is 1. The molecule has 0 N–H and O–H groups in total. The number of esters is 1. The van der Waals surface area contributed by atoms with Gasteiger partial charge in [-0.05, 0) is 39.0 Å². The highest BCUT2D eigenvalue weighted by Crippen LogP contribution is 2.54. The van der Waals surface area contributed by atoms with E-state index in [4.69, 9.17) is 4.74 Å². The van der Waals surface area contributed by atoms with Crippen LogP contribution in [0.1, 0.15) is 52.9 Å². The summed E-state index contributed by atoms with van der Waals surface area (Å²) in [6.45, 7) is 6.35. The Bertz CT molecular complexity index is 253. The molecule has 0 bridgehead atoms. The summed E-state index contributed by atoms with van der Waals surface area (Å²) in [6, 6.07) is 0. The zero-order chi connectivity index (χ0) is 10.4. The molecule has 0 aromatic carbocycles. The second kappa shape index (κ2) is 2.98. The van der Waals surface area contributed by atoms with Gasteiger partial charge in [0, 0.05) is 5.92 Å². The van der Waals surface area contributed by atoms with Gasteiger partial charge in [0.25, 0.3) is 0 Å². The molecule has 1 saturated carbocycles. The van der Waals surface area contributed by atoms with Crippen LogP contribution in [0, 0.1) is 11.3 Å². The maximum Gasteiger partial charge on any atom is 0.312 e. The second-order valence-corrected chi connectivity index (χ2v) is 5.15. The van der Waals surface area contributed by atoms with E-state index in [-0.39, 0.29) is 17.0 Å². The lowest BCUT2D eigenvalue weighted by molar-refractivity contribution is -0.153. The van der Waals surface area contributed by atoms with Gasteiger partial charge in [0.2, 0.25) is 0 Å². The Hall–Kier alpha value is -0.530. The Kier molecular flexibility index (Phi) is 2.13. The smallest absolute Gasteiger partial charge is 0.312 e. The van der Waals surface area contributed by atoms with Crippen molar-refractivity contribution in [3.05, 3.63) is 0 Å². The molecule has 2 fully saturated rings. The molecule has 1 aliphatic heterocycles. The van der Waals surface area contributed by atoms with E-state index in [9.17, 15) is 4.79 Å². The Labute approximate surface area is 86.0 Å². The third-order valence-electron chi connectivity index (χ3n) is 4.69. The third-order valence-corrected chi connectivity index (χ3v) is 4.69. The zero-order valence-electron chi connectivity index (χ0n) is 9.43. The molecule has 0 radical (unpaired) electrons. The van der Waals surface area contributed by atoms with Crippen LogP contribution in [0.5, 0.6) is 0 Å². The fourth-order valence-corrected chi connectivity index (χ4v) is 3.11. The van der Waals surface area contributed by atoms with Crippen molar-refractivity contribution in [1.29, 1.82) is 0 Å². The van der Waals surface area contributed by atoms with Crippen LogP contribution in [0.4, 0.5) is 0 Å². The molecule has 2 heteroatoms. The first kappa shape index (κ1) is 10.0. The minimum atomic E-state index is -0.232. The van der Waals surface area contributed by atoms with E-state index in [1.165, 1.54) is 12.8 Å². The maximum atomic E-state index is 11.9.